The molecule has 0 N–H and O–H groups in total. The lowest BCUT2D eigenvalue weighted by Gasteiger charge is -2.21. The van der Waals surface area contributed by atoms with Crippen molar-refractivity contribution in [3.05, 3.63) is 70.6 Å². The molecule has 2 aromatic heterocycles. The summed E-state index contributed by atoms with van der Waals surface area (Å²) in [5.41, 5.74) is 2.41. The Hall–Kier alpha value is -2.62. The smallest absolute Gasteiger partial charge is 0.263 e. The molecular weight excluding hydrogens is 262 g/mol. The Labute approximate surface area is 123 Å². The SMILES string of the molecule is CCc1c(N(C)c2ccccc2)nc2ccccn2c1=O. The Morgan fingerprint density at radius 3 is 2.52 bits per heavy atom. The second kappa shape index (κ2) is 5.40. The fraction of sp³-hybridized carbons (Fsp3) is 0.176. The van der Waals surface area contributed by atoms with Crippen molar-refractivity contribution >= 4 is 17.2 Å². The highest BCUT2D eigenvalue weighted by atomic mass is 16.1. The normalized spacial score (nSPS) is 10.8. The summed E-state index contributed by atoms with van der Waals surface area (Å²) < 4.78 is 1.60. The Morgan fingerprint density at radius 1 is 1.10 bits per heavy atom. The number of nitrogens with zero attached hydrogens (tertiary/aromatic N) is 3. The third kappa shape index (κ3) is 2.29. The molecule has 0 atom stereocenters. The standard InChI is InChI=1S/C17H17N3O/c1-3-14-16(19(2)13-9-5-4-6-10-13)18-15-11-7-8-12-20(15)17(14)21/h4-12H,3H2,1-2H3. The van der Waals surface area contributed by atoms with Crippen molar-refractivity contribution in [3.8, 4) is 0 Å². The van der Waals surface area contributed by atoms with Gasteiger partial charge in [-0.05, 0) is 30.7 Å². The van der Waals surface area contributed by atoms with E-state index in [1.807, 2.05) is 67.4 Å². The van der Waals surface area contributed by atoms with Crippen molar-refractivity contribution in [1.82, 2.24) is 9.38 Å². The number of rotatable bonds is 3. The minimum atomic E-state index is 0.000816. The molecule has 0 aliphatic heterocycles. The van der Waals surface area contributed by atoms with Crippen molar-refractivity contribution in [1.29, 1.82) is 0 Å². The molecular formula is C17H17N3O. The van der Waals surface area contributed by atoms with E-state index in [1.54, 1.807) is 10.6 Å². The topological polar surface area (TPSA) is 37.6 Å². The van der Waals surface area contributed by atoms with Crippen LogP contribution in [0.2, 0.25) is 0 Å². The Balaban J connectivity index is 2.25. The van der Waals surface area contributed by atoms with Crippen LogP contribution in [0.1, 0.15) is 12.5 Å². The number of fused-ring (bicyclic) bond motifs is 1. The van der Waals surface area contributed by atoms with E-state index in [9.17, 15) is 4.79 Å². The quantitative estimate of drug-likeness (QED) is 0.739. The van der Waals surface area contributed by atoms with Gasteiger partial charge < -0.3 is 4.90 Å². The lowest BCUT2D eigenvalue weighted by atomic mass is 10.2. The molecule has 4 nitrogen and oxygen atoms in total. The van der Waals surface area contributed by atoms with Gasteiger partial charge >= 0.3 is 0 Å². The van der Waals surface area contributed by atoms with Gasteiger partial charge in [0, 0.05) is 18.9 Å². The van der Waals surface area contributed by atoms with Gasteiger partial charge in [-0.2, -0.15) is 0 Å². The number of aromatic nitrogens is 2. The van der Waals surface area contributed by atoms with Crippen molar-refractivity contribution in [3.63, 3.8) is 0 Å². The number of benzene rings is 1. The molecule has 0 unspecified atom stereocenters. The summed E-state index contributed by atoms with van der Waals surface area (Å²) in [6.07, 6.45) is 2.41. The first kappa shape index (κ1) is 13.4. The lowest BCUT2D eigenvalue weighted by molar-refractivity contribution is 0.946. The van der Waals surface area contributed by atoms with Crippen LogP contribution in [0.4, 0.5) is 11.5 Å². The molecule has 0 amide bonds. The van der Waals surface area contributed by atoms with Gasteiger partial charge in [0.05, 0.1) is 5.56 Å². The molecule has 0 aliphatic rings. The fourth-order valence-electron chi connectivity index (χ4n) is 2.47. The number of hydrogen-bond acceptors (Lipinski definition) is 3. The zero-order valence-corrected chi connectivity index (χ0v) is 12.2. The summed E-state index contributed by atoms with van der Waals surface area (Å²) in [6, 6.07) is 15.5. The molecule has 3 rings (SSSR count). The summed E-state index contributed by atoms with van der Waals surface area (Å²) in [4.78, 5) is 19.2. The number of pyridine rings is 1. The van der Waals surface area contributed by atoms with Crippen LogP contribution in [0.25, 0.3) is 5.65 Å². The lowest BCUT2D eigenvalue weighted by Crippen LogP contribution is -2.24. The van der Waals surface area contributed by atoms with Crippen LogP contribution in [0.3, 0.4) is 0 Å². The summed E-state index contributed by atoms with van der Waals surface area (Å²) in [5, 5.41) is 0. The van der Waals surface area contributed by atoms with E-state index in [1.165, 1.54) is 0 Å². The second-order valence-corrected chi connectivity index (χ2v) is 4.90. The molecule has 0 spiro atoms. The average molecular weight is 279 g/mol. The van der Waals surface area contributed by atoms with Crippen LogP contribution < -0.4 is 10.5 Å². The van der Waals surface area contributed by atoms with Gasteiger partial charge in [0.15, 0.2) is 0 Å². The van der Waals surface area contributed by atoms with E-state index < -0.39 is 0 Å². The first-order valence-corrected chi connectivity index (χ1v) is 7.01. The molecule has 1 aromatic carbocycles. The molecule has 4 heteroatoms. The van der Waals surface area contributed by atoms with E-state index >= 15 is 0 Å². The van der Waals surface area contributed by atoms with E-state index in [0.717, 1.165) is 17.1 Å². The summed E-state index contributed by atoms with van der Waals surface area (Å²) in [7, 11) is 1.94. The number of para-hydroxylation sites is 1. The largest absolute Gasteiger partial charge is 0.329 e. The predicted molar refractivity (Wildman–Crippen MR) is 85.3 cm³/mol. The third-order valence-corrected chi connectivity index (χ3v) is 3.62. The average Bonchev–Trinajstić information content (AvgIpc) is 2.55. The number of anilines is 2. The summed E-state index contributed by atoms with van der Waals surface area (Å²) in [5.74, 6) is 0.722. The summed E-state index contributed by atoms with van der Waals surface area (Å²) >= 11 is 0. The zero-order valence-electron chi connectivity index (χ0n) is 12.2. The highest BCUT2D eigenvalue weighted by molar-refractivity contribution is 5.64. The van der Waals surface area contributed by atoms with Gasteiger partial charge in [-0.1, -0.05) is 31.2 Å². The van der Waals surface area contributed by atoms with Crippen LogP contribution in [-0.4, -0.2) is 16.4 Å². The van der Waals surface area contributed by atoms with Gasteiger partial charge in [0.1, 0.15) is 11.5 Å². The maximum Gasteiger partial charge on any atom is 0.263 e. The molecule has 106 valence electrons. The van der Waals surface area contributed by atoms with Gasteiger partial charge in [-0.3, -0.25) is 9.20 Å². The van der Waals surface area contributed by atoms with Gasteiger partial charge in [0.2, 0.25) is 0 Å². The molecule has 0 radical (unpaired) electrons. The molecule has 0 saturated carbocycles. The van der Waals surface area contributed by atoms with Gasteiger partial charge in [0.25, 0.3) is 5.56 Å². The second-order valence-electron chi connectivity index (χ2n) is 4.90. The first-order chi connectivity index (χ1) is 10.2. The monoisotopic (exact) mass is 279 g/mol. The zero-order chi connectivity index (χ0) is 14.8. The fourth-order valence-corrected chi connectivity index (χ4v) is 2.47. The molecule has 0 aliphatic carbocycles. The maximum atomic E-state index is 12.6. The first-order valence-electron chi connectivity index (χ1n) is 7.01. The van der Waals surface area contributed by atoms with E-state index in [4.69, 9.17) is 0 Å². The molecule has 0 bridgehead atoms. The summed E-state index contributed by atoms with van der Waals surface area (Å²) in [6.45, 7) is 1.98. The van der Waals surface area contributed by atoms with Gasteiger partial charge in [-0.15, -0.1) is 0 Å². The van der Waals surface area contributed by atoms with Crippen molar-refractivity contribution in [2.45, 2.75) is 13.3 Å². The van der Waals surface area contributed by atoms with Crippen molar-refractivity contribution in [2.24, 2.45) is 0 Å². The maximum absolute atomic E-state index is 12.6. The van der Waals surface area contributed by atoms with E-state index in [0.29, 0.717) is 12.1 Å². The van der Waals surface area contributed by atoms with E-state index in [2.05, 4.69) is 4.98 Å². The van der Waals surface area contributed by atoms with Crippen LogP contribution in [0.15, 0.2) is 59.5 Å². The predicted octanol–water partition coefficient (Wildman–Crippen LogP) is 3.02. The molecule has 0 fully saturated rings. The van der Waals surface area contributed by atoms with E-state index in [-0.39, 0.29) is 5.56 Å². The van der Waals surface area contributed by atoms with Crippen LogP contribution in [0.5, 0.6) is 0 Å². The molecule has 0 saturated heterocycles. The minimum absolute atomic E-state index is 0.000816. The molecule has 3 aromatic rings. The highest BCUT2D eigenvalue weighted by Gasteiger charge is 2.15. The third-order valence-electron chi connectivity index (χ3n) is 3.62. The Kier molecular flexibility index (Phi) is 3.44. The van der Waals surface area contributed by atoms with Crippen LogP contribution in [0, 0.1) is 0 Å². The highest BCUT2D eigenvalue weighted by Crippen LogP contribution is 2.24. The van der Waals surface area contributed by atoms with Gasteiger partial charge in [-0.25, -0.2) is 4.98 Å². The van der Waals surface area contributed by atoms with Crippen molar-refractivity contribution < 1.29 is 0 Å². The molecule has 2 heterocycles. The van der Waals surface area contributed by atoms with Crippen molar-refractivity contribution in [2.75, 3.05) is 11.9 Å². The number of hydrogen-bond donors (Lipinski definition) is 0. The van der Waals surface area contributed by atoms with Crippen LogP contribution >= 0.6 is 0 Å². The van der Waals surface area contributed by atoms with Crippen LogP contribution in [-0.2, 0) is 6.42 Å². The minimum Gasteiger partial charge on any atom is -0.329 e. The Morgan fingerprint density at radius 2 is 1.81 bits per heavy atom. The molecule has 21 heavy (non-hydrogen) atoms. The Bertz CT molecular complexity index is 824.